The van der Waals surface area contributed by atoms with E-state index in [9.17, 15) is 0 Å². The number of H-pyrrole nitrogens is 1. The van der Waals surface area contributed by atoms with Crippen LogP contribution >= 0.6 is 0 Å². The Labute approximate surface area is 125 Å². The number of fused-ring (bicyclic) bond motifs is 1. The van der Waals surface area contributed by atoms with Crippen molar-refractivity contribution >= 4 is 22.3 Å². The van der Waals surface area contributed by atoms with E-state index in [0.717, 1.165) is 12.2 Å². The van der Waals surface area contributed by atoms with Gasteiger partial charge in [-0.1, -0.05) is 12.1 Å². The minimum Gasteiger partial charge on any atom is -0.381 e. The summed E-state index contributed by atoms with van der Waals surface area (Å²) in [4.78, 5) is 5.37. The summed E-state index contributed by atoms with van der Waals surface area (Å²) in [5.41, 5.74) is 6.16. The summed E-state index contributed by atoms with van der Waals surface area (Å²) >= 11 is 0. The Morgan fingerprint density at radius 3 is 2.71 bits per heavy atom. The van der Waals surface area contributed by atoms with Gasteiger partial charge in [0.2, 0.25) is 0 Å². The Morgan fingerprint density at radius 1 is 1.05 bits per heavy atom. The summed E-state index contributed by atoms with van der Waals surface area (Å²) < 4.78 is 0. The lowest BCUT2D eigenvalue weighted by atomic mass is 10.1. The molecular weight excluding hydrogens is 258 g/mol. The Morgan fingerprint density at radius 2 is 1.90 bits per heavy atom. The molecule has 0 amide bonds. The predicted octanol–water partition coefficient (Wildman–Crippen LogP) is 4.15. The highest BCUT2D eigenvalue weighted by Crippen LogP contribution is 2.23. The lowest BCUT2D eigenvalue weighted by molar-refractivity contribution is 1.10. The van der Waals surface area contributed by atoms with Gasteiger partial charge in [0.15, 0.2) is 0 Å². The van der Waals surface area contributed by atoms with Gasteiger partial charge in [-0.25, -0.2) is 0 Å². The molecule has 1 heterocycles. The average Bonchev–Trinajstić information content (AvgIpc) is 2.93. The molecule has 0 unspecified atom stereocenters. The van der Waals surface area contributed by atoms with Gasteiger partial charge in [0.05, 0.1) is 0 Å². The molecule has 0 aliphatic carbocycles. The number of nitrogens with one attached hydrogen (secondary N) is 2. The Kier molecular flexibility index (Phi) is 3.57. The minimum absolute atomic E-state index is 0.830. The van der Waals surface area contributed by atoms with Gasteiger partial charge in [0.1, 0.15) is 0 Å². The van der Waals surface area contributed by atoms with E-state index in [0.29, 0.717) is 0 Å². The molecule has 2 N–H and O–H groups in total. The molecule has 2 aromatic carbocycles. The van der Waals surface area contributed by atoms with Crippen molar-refractivity contribution in [3.8, 4) is 0 Å². The molecule has 1 aromatic heterocycles. The molecule has 0 saturated carbocycles. The van der Waals surface area contributed by atoms with Crippen LogP contribution in [0.2, 0.25) is 0 Å². The quantitative estimate of drug-likeness (QED) is 0.751. The summed E-state index contributed by atoms with van der Waals surface area (Å²) in [6.07, 6.45) is 1.98. The molecule has 0 aliphatic heterocycles. The van der Waals surface area contributed by atoms with Gasteiger partial charge in [-0.3, -0.25) is 0 Å². The van der Waals surface area contributed by atoms with E-state index in [4.69, 9.17) is 0 Å². The van der Waals surface area contributed by atoms with E-state index < -0.39 is 0 Å². The van der Waals surface area contributed by atoms with Crippen molar-refractivity contribution in [2.75, 3.05) is 24.3 Å². The highest BCUT2D eigenvalue weighted by molar-refractivity contribution is 5.80. The summed E-state index contributed by atoms with van der Waals surface area (Å²) in [5, 5.41) is 4.76. The molecule has 108 valence electrons. The first-order valence-corrected chi connectivity index (χ1v) is 7.21. The van der Waals surface area contributed by atoms with E-state index in [1.165, 1.54) is 27.7 Å². The van der Waals surface area contributed by atoms with E-state index in [2.05, 4.69) is 78.7 Å². The topological polar surface area (TPSA) is 31.1 Å². The fraction of sp³-hybridized carbons (Fsp3) is 0.222. The van der Waals surface area contributed by atoms with E-state index in [-0.39, 0.29) is 0 Å². The smallest absolute Gasteiger partial charge is 0.0454 e. The van der Waals surface area contributed by atoms with Crippen LogP contribution in [-0.4, -0.2) is 19.1 Å². The van der Waals surface area contributed by atoms with Crippen LogP contribution in [0.25, 0.3) is 10.9 Å². The molecule has 0 atom stereocenters. The molecular formula is C18H21N3. The Balaban J connectivity index is 1.76. The van der Waals surface area contributed by atoms with Crippen molar-refractivity contribution in [2.45, 2.75) is 13.5 Å². The minimum atomic E-state index is 0.830. The van der Waals surface area contributed by atoms with Crippen molar-refractivity contribution in [3.63, 3.8) is 0 Å². The maximum atomic E-state index is 3.50. The SMILES string of the molecule is Cc1ccc(NCc2ccc3[nH]ccc3c2)cc1N(C)C. The predicted molar refractivity (Wildman–Crippen MR) is 91.1 cm³/mol. The van der Waals surface area contributed by atoms with Gasteiger partial charge < -0.3 is 15.2 Å². The van der Waals surface area contributed by atoms with Crippen LogP contribution in [0.15, 0.2) is 48.7 Å². The first kappa shape index (κ1) is 13.6. The second kappa shape index (κ2) is 5.52. The van der Waals surface area contributed by atoms with Crippen LogP contribution in [0.4, 0.5) is 11.4 Å². The van der Waals surface area contributed by atoms with Crippen molar-refractivity contribution in [2.24, 2.45) is 0 Å². The monoisotopic (exact) mass is 279 g/mol. The molecule has 0 spiro atoms. The second-order valence-corrected chi connectivity index (χ2v) is 5.65. The number of nitrogens with zero attached hydrogens (tertiary/aromatic N) is 1. The molecule has 0 radical (unpaired) electrons. The summed E-state index contributed by atoms with van der Waals surface area (Å²) in [6, 6.07) is 15.1. The number of benzene rings is 2. The highest BCUT2D eigenvalue weighted by atomic mass is 15.1. The van der Waals surface area contributed by atoms with Gasteiger partial charge in [0, 0.05) is 43.7 Å². The second-order valence-electron chi connectivity index (χ2n) is 5.65. The van der Waals surface area contributed by atoms with Crippen molar-refractivity contribution in [3.05, 3.63) is 59.8 Å². The zero-order chi connectivity index (χ0) is 14.8. The molecule has 0 aliphatic rings. The third-order valence-electron chi connectivity index (χ3n) is 3.81. The number of aromatic nitrogens is 1. The summed E-state index contributed by atoms with van der Waals surface area (Å²) in [7, 11) is 4.15. The molecule has 3 heteroatoms. The number of aromatic amines is 1. The summed E-state index contributed by atoms with van der Waals surface area (Å²) in [5.74, 6) is 0. The van der Waals surface area contributed by atoms with Crippen molar-refractivity contribution in [1.82, 2.24) is 4.98 Å². The Hall–Kier alpha value is -2.42. The number of hydrogen-bond donors (Lipinski definition) is 2. The van der Waals surface area contributed by atoms with Gasteiger partial charge in [-0.15, -0.1) is 0 Å². The van der Waals surface area contributed by atoms with Crippen molar-refractivity contribution in [1.29, 1.82) is 0 Å². The highest BCUT2D eigenvalue weighted by Gasteiger charge is 2.03. The van der Waals surface area contributed by atoms with Crippen LogP contribution < -0.4 is 10.2 Å². The van der Waals surface area contributed by atoms with Gasteiger partial charge >= 0.3 is 0 Å². The lowest BCUT2D eigenvalue weighted by Gasteiger charge is -2.17. The third-order valence-corrected chi connectivity index (χ3v) is 3.81. The first-order valence-electron chi connectivity index (χ1n) is 7.21. The van der Waals surface area contributed by atoms with Crippen molar-refractivity contribution < 1.29 is 0 Å². The van der Waals surface area contributed by atoms with Crippen LogP contribution in [0.1, 0.15) is 11.1 Å². The normalized spacial score (nSPS) is 10.8. The largest absolute Gasteiger partial charge is 0.381 e. The average molecular weight is 279 g/mol. The number of anilines is 2. The summed E-state index contributed by atoms with van der Waals surface area (Å²) in [6.45, 7) is 2.97. The van der Waals surface area contributed by atoms with Gasteiger partial charge in [0.25, 0.3) is 0 Å². The molecule has 3 nitrogen and oxygen atoms in total. The van der Waals surface area contributed by atoms with E-state index >= 15 is 0 Å². The molecule has 3 rings (SSSR count). The fourth-order valence-corrected chi connectivity index (χ4v) is 2.62. The van der Waals surface area contributed by atoms with Crippen LogP contribution in [0.5, 0.6) is 0 Å². The number of aryl methyl sites for hydroxylation is 1. The third kappa shape index (κ3) is 2.87. The van der Waals surface area contributed by atoms with Gasteiger partial charge in [-0.05, 0) is 53.8 Å². The van der Waals surface area contributed by atoms with E-state index in [1.807, 2.05) is 6.20 Å². The molecule has 0 saturated heterocycles. The number of rotatable bonds is 4. The molecule has 21 heavy (non-hydrogen) atoms. The van der Waals surface area contributed by atoms with E-state index in [1.54, 1.807) is 0 Å². The molecule has 0 bridgehead atoms. The Bertz CT molecular complexity index is 756. The maximum Gasteiger partial charge on any atom is 0.0454 e. The first-order chi connectivity index (χ1) is 10.1. The zero-order valence-corrected chi connectivity index (χ0v) is 12.8. The molecule has 3 aromatic rings. The molecule has 0 fully saturated rings. The van der Waals surface area contributed by atoms with Gasteiger partial charge in [-0.2, -0.15) is 0 Å². The lowest BCUT2D eigenvalue weighted by Crippen LogP contribution is -2.10. The van der Waals surface area contributed by atoms with Crippen LogP contribution in [0.3, 0.4) is 0 Å². The zero-order valence-electron chi connectivity index (χ0n) is 12.8. The maximum absolute atomic E-state index is 3.50. The van der Waals surface area contributed by atoms with Crippen LogP contribution in [-0.2, 0) is 6.54 Å². The van der Waals surface area contributed by atoms with Crippen LogP contribution in [0, 0.1) is 6.92 Å². The number of hydrogen-bond acceptors (Lipinski definition) is 2. The standard InChI is InChI=1S/C18H21N3/c1-13-4-6-16(11-18(13)21(2)3)20-12-14-5-7-17-15(10-14)8-9-19-17/h4-11,19-20H,12H2,1-3H3. The fourth-order valence-electron chi connectivity index (χ4n) is 2.62.